The van der Waals surface area contributed by atoms with Crippen molar-refractivity contribution in [3.8, 4) is 11.5 Å². The monoisotopic (exact) mass is 283 g/mol. The number of allylic oxidation sites excluding steroid dienone is 2. The third kappa shape index (κ3) is 3.02. The summed E-state index contributed by atoms with van der Waals surface area (Å²) in [7, 11) is 0. The van der Waals surface area contributed by atoms with Gasteiger partial charge in [0, 0.05) is 17.2 Å². The molecule has 1 aliphatic rings. The molecule has 2 aromatic rings. The number of carbonyl (C=O) groups excluding carboxylic acids is 1. The predicted octanol–water partition coefficient (Wildman–Crippen LogP) is 3.34. The summed E-state index contributed by atoms with van der Waals surface area (Å²) >= 11 is 0. The Labute approximate surface area is 123 Å². The van der Waals surface area contributed by atoms with Crippen LogP contribution in [-0.2, 0) is 4.79 Å². The molecule has 3 rings (SSSR count). The Kier molecular flexibility index (Phi) is 3.81. The lowest BCUT2D eigenvalue weighted by atomic mass is 9.93. The van der Waals surface area contributed by atoms with E-state index in [0.717, 1.165) is 36.1 Å². The molecule has 1 aliphatic carbocycles. The van der Waals surface area contributed by atoms with Gasteiger partial charge in [-0.3, -0.25) is 4.79 Å². The van der Waals surface area contributed by atoms with Crippen LogP contribution in [0.3, 0.4) is 0 Å². The number of nitrogens with one attached hydrogen (secondary N) is 1. The van der Waals surface area contributed by atoms with Gasteiger partial charge < -0.3 is 9.73 Å². The third-order valence-electron chi connectivity index (χ3n) is 3.74. The molecule has 1 amide bonds. The molecule has 1 heterocycles. The lowest BCUT2D eigenvalue weighted by molar-refractivity contribution is -0.120. The molecule has 1 N–H and O–H groups in total. The highest BCUT2D eigenvalue weighted by Gasteiger charge is 2.19. The number of benzene rings is 1. The van der Waals surface area contributed by atoms with Crippen LogP contribution in [0.15, 0.2) is 41.2 Å². The van der Waals surface area contributed by atoms with E-state index in [-0.39, 0.29) is 11.8 Å². The summed E-state index contributed by atoms with van der Waals surface area (Å²) in [5.41, 5.74) is 2.61. The van der Waals surface area contributed by atoms with Gasteiger partial charge in [0.25, 0.3) is 0 Å². The van der Waals surface area contributed by atoms with Gasteiger partial charge >= 0.3 is 0 Å². The van der Waals surface area contributed by atoms with Crippen LogP contribution in [-0.4, -0.2) is 16.1 Å². The maximum atomic E-state index is 12.3. The van der Waals surface area contributed by atoms with Gasteiger partial charge in [0.05, 0.1) is 0 Å². The van der Waals surface area contributed by atoms with E-state index in [1.165, 1.54) is 6.39 Å². The molecule has 1 unspecified atom stereocenters. The van der Waals surface area contributed by atoms with E-state index in [4.69, 9.17) is 4.42 Å². The zero-order valence-electron chi connectivity index (χ0n) is 11.9. The molecule has 0 bridgehead atoms. The summed E-state index contributed by atoms with van der Waals surface area (Å²) in [5, 5.41) is 10.6. The van der Waals surface area contributed by atoms with Crippen molar-refractivity contribution < 1.29 is 9.21 Å². The van der Waals surface area contributed by atoms with Gasteiger partial charge in [-0.2, -0.15) is 0 Å². The first-order chi connectivity index (χ1) is 10.2. The minimum atomic E-state index is 0.0569. The summed E-state index contributed by atoms with van der Waals surface area (Å²) < 4.78 is 5.19. The van der Waals surface area contributed by atoms with Crippen molar-refractivity contribution in [2.45, 2.75) is 26.2 Å². The average molecular weight is 283 g/mol. The molecule has 1 aromatic heterocycles. The first-order valence-electron chi connectivity index (χ1n) is 7.07. The number of nitrogens with zero attached hydrogens (tertiary/aromatic N) is 2. The first-order valence-corrected chi connectivity index (χ1v) is 7.07. The third-order valence-corrected chi connectivity index (χ3v) is 3.74. The Morgan fingerprint density at radius 2 is 2.29 bits per heavy atom. The summed E-state index contributed by atoms with van der Waals surface area (Å²) in [6.07, 6.45) is 8.19. The standard InChI is InChI=1S/C16H17N3O2/c1-11-7-8-13(16-19-17-10-21-16)9-14(11)18-15(20)12-5-3-2-4-6-12/h2-3,7-10,12H,4-6H2,1H3,(H,18,20). The van der Waals surface area contributed by atoms with Crippen molar-refractivity contribution in [2.75, 3.05) is 5.32 Å². The smallest absolute Gasteiger partial charge is 0.247 e. The van der Waals surface area contributed by atoms with E-state index in [9.17, 15) is 4.79 Å². The maximum Gasteiger partial charge on any atom is 0.247 e. The van der Waals surface area contributed by atoms with Gasteiger partial charge in [-0.05, 0) is 43.9 Å². The van der Waals surface area contributed by atoms with Crippen LogP contribution in [0.2, 0.25) is 0 Å². The van der Waals surface area contributed by atoms with Gasteiger partial charge in [-0.25, -0.2) is 0 Å². The van der Waals surface area contributed by atoms with Gasteiger partial charge in [0.2, 0.25) is 18.2 Å². The summed E-state index contributed by atoms with van der Waals surface area (Å²) in [5.74, 6) is 0.581. The Balaban J connectivity index is 1.79. The normalized spacial score (nSPS) is 17.7. The van der Waals surface area contributed by atoms with Crippen molar-refractivity contribution in [1.82, 2.24) is 10.2 Å². The molecule has 0 spiro atoms. The Hall–Kier alpha value is -2.43. The van der Waals surface area contributed by atoms with Crippen LogP contribution in [0.25, 0.3) is 11.5 Å². The number of anilines is 1. The number of aryl methyl sites for hydroxylation is 1. The number of rotatable bonds is 3. The highest BCUT2D eigenvalue weighted by Crippen LogP contribution is 2.26. The van der Waals surface area contributed by atoms with Crippen molar-refractivity contribution in [3.05, 3.63) is 42.3 Å². The first kappa shape index (κ1) is 13.5. The van der Waals surface area contributed by atoms with Crippen LogP contribution < -0.4 is 5.32 Å². The second kappa shape index (κ2) is 5.91. The fourth-order valence-corrected chi connectivity index (χ4v) is 2.46. The van der Waals surface area contributed by atoms with Crippen molar-refractivity contribution in [2.24, 2.45) is 5.92 Å². The molecule has 108 valence electrons. The second-order valence-corrected chi connectivity index (χ2v) is 5.24. The van der Waals surface area contributed by atoms with E-state index >= 15 is 0 Å². The number of amides is 1. The Morgan fingerprint density at radius 1 is 1.38 bits per heavy atom. The molecule has 0 saturated heterocycles. The average Bonchev–Trinajstić information content (AvgIpc) is 3.04. The molecule has 0 radical (unpaired) electrons. The topological polar surface area (TPSA) is 68.0 Å². The summed E-state index contributed by atoms with van der Waals surface area (Å²) in [4.78, 5) is 12.3. The van der Waals surface area contributed by atoms with Gasteiger partial charge in [0.15, 0.2) is 0 Å². The Morgan fingerprint density at radius 3 is 3.00 bits per heavy atom. The highest BCUT2D eigenvalue weighted by molar-refractivity contribution is 5.94. The highest BCUT2D eigenvalue weighted by atomic mass is 16.4. The van der Waals surface area contributed by atoms with Crippen molar-refractivity contribution in [1.29, 1.82) is 0 Å². The molecule has 0 fully saturated rings. The number of aromatic nitrogens is 2. The zero-order valence-corrected chi connectivity index (χ0v) is 11.9. The Bertz CT molecular complexity index is 662. The number of hydrogen-bond donors (Lipinski definition) is 1. The molecule has 5 heteroatoms. The maximum absolute atomic E-state index is 12.3. The van der Waals surface area contributed by atoms with E-state index in [1.54, 1.807) is 0 Å². The quantitative estimate of drug-likeness (QED) is 0.877. The number of hydrogen-bond acceptors (Lipinski definition) is 4. The SMILES string of the molecule is Cc1ccc(-c2nnco2)cc1NC(=O)C1CC=CCC1. The van der Waals surface area contributed by atoms with Crippen LogP contribution in [0, 0.1) is 12.8 Å². The molecular weight excluding hydrogens is 266 g/mol. The van der Waals surface area contributed by atoms with E-state index in [0.29, 0.717) is 5.89 Å². The van der Waals surface area contributed by atoms with Gasteiger partial charge in [-0.15, -0.1) is 10.2 Å². The predicted molar refractivity (Wildman–Crippen MR) is 79.6 cm³/mol. The molecule has 0 saturated carbocycles. The lowest BCUT2D eigenvalue weighted by Crippen LogP contribution is -2.23. The molecule has 0 aliphatic heterocycles. The largest absolute Gasteiger partial charge is 0.423 e. The lowest BCUT2D eigenvalue weighted by Gasteiger charge is -2.18. The molecule has 1 atom stereocenters. The van der Waals surface area contributed by atoms with Crippen LogP contribution in [0.5, 0.6) is 0 Å². The molecule has 21 heavy (non-hydrogen) atoms. The fraction of sp³-hybridized carbons (Fsp3) is 0.312. The number of carbonyl (C=O) groups is 1. The molecular formula is C16H17N3O2. The minimum Gasteiger partial charge on any atom is -0.423 e. The van der Waals surface area contributed by atoms with Crippen molar-refractivity contribution in [3.63, 3.8) is 0 Å². The summed E-state index contributed by atoms with van der Waals surface area (Å²) in [6, 6.07) is 5.72. The molecule has 1 aromatic carbocycles. The summed E-state index contributed by atoms with van der Waals surface area (Å²) in [6.45, 7) is 1.97. The van der Waals surface area contributed by atoms with Crippen molar-refractivity contribution >= 4 is 11.6 Å². The van der Waals surface area contributed by atoms with Crippen LogP contribution in [0.1, 0.15) is 24.8 Å². The fourth-order valence-electron chi connectivity index (χ4n) is 2.46. The minimum absolute atomic E-state index is 0.0569. The van der Waals surface area contributed by atoms with Crippen LogP contribution >= 0.6 is 0 Å². The zero-order chi connectivity index (χ0) is 14.7. The second-order valence-electron chi connectivity index (χ2n) is 5.24. The van der Waals surface area contributed by atoms with E-state index < -0.39 is 0 Å². The van der Waals surface area contributed by atoms with E-state index in [2.05, 4.69) is 27.7 Å². The van der Waals surface area contributed by atoms with Gasteiger partial charge in [0.1, 0.15) is 0 Å². The van der Waals surface area contributed by atoms with Crippen LogP contribution in [0.4, 0.5) is 5.69 Å². The molecule has 5 nitrogen and oxygen atoms in total. The van der Waals surface area contributed by atoms with E-state index in [1.807, 2.05) is 25.1 Å². The van der Waals surface area contributed by atoms with Gasteiger partial charge in [-0.1, -0.05) is 18.2 Å².